The van der Waals surface area contributed by atoms with Crippen molar-refractivity contribution in [2.75, 3.05) is 19.0 Å². The molecule has 2 aliphatic carbocycles. The van der Waals surface area contributed by atoms with Gasteiger partial charge in [0, 0.05) is 17.7 Å². The second-order valence-electron chi connectivity index (χ2n) is 11.4. The number of benzene rings is 2. The molecule has 226 valence electrons. The highest BCUT2D eigenvalue weighted by Crippen LogP contribution is 2.47. The summed E-state index contributed by atoms with van der Waals surface area (Å²) >= 11 is 1.79. The minimum absolute atomic E-state index is 0.115. The van der Waals surface area contributed by atoms with Gasteiger partial charge in [-0.05, 0) is 86.5 Å². The van der Waals surface area contributed by atoms with Crippen molar-refractivity contribution < 1.29 is 40.6 Å². The zero-order chi connectivity index (χ0) is 29.1. The van der Waals surface area contributed by atoms with E-state index in [1.54, 1.807) is 11.8 Å². The van der Waals surface area contributed by atoms with Gasteiger partial charge in [0.15, 0.2) is 23.7 Å². The van der Waals surface area contributed by atoms with Gasteiger partial charge in [-0.15, -0.1) is 0 Å². The first kappa shape index (κ1) is 30.5. The predicted octanol–water partition coefficient (Wildman–Crippen LogP) is 9.16. The van der Waals surface area contributed by atoms with Crippen molar-refractivity contribution in [2.24, 2.45) is 17.8 Å². The second-order valence-corrected chi connectivity index (χ2v) is 13.0. The maximum absolute atomic E-state index is 15.2. The van der Waals surface area contributed by atoms with Gasteiger partial charge in [-0.3, -0.25) is 0 Å². The molecule has 0 radical (unpaired) electrons. The van der Waals surface area contributed by atoms with E-state index < -0.39 is 41.5 Å². The minimum atomic E-state index is -3.62. The molecule has 3 aliphatic rings. The molecule has 3 fully saturated rings. The van der Waals surface area contributed by atoms with Crippen molar-refractivity contribution >= 4 is 11.8 Å². The molecule has 10 heteroatoms. The van der Waals surface area contributed by atoms with Crippen molar-refractivity contribution in [1.82, 2.24) is 0 Å². The van der Waals surface area contributed by atoms with Crippen LogP contribution in [0.15, 0.2) is 30.3 Å². The lowest BCUT2D eigenvalue weighted by atomic mass is 9.68. The van der Waals surface area contributed by atoms with Crippen molar-refractivity contribution in [3.63, 3.8) is 0 Å². The molecule has 1 aliphatic heterocycles. The van der Waals surface area contributed by atoms with E-state index in [1.807, 2.05) is 12.1 Å². The zero-order valence-corrected chi connectivity index (χ0v) is 23.8. The third-order valence-electron chi connectivity index (χ3n) is 8.90. The van der Waals surface area contributed by atoms with Crippen LogP contribution in [0.2, 0.25) is 0 Å². The highest BCUT2D eigenvalue weighted by molar-refractivity contribution is 7.99. The van der Waals surface area contributed by atoms with Crippen LogP contribution in [-0.4, -0.2) is 30.3 Å². The van der Waals surface area contributed by atoms with E-state index in [9.17, 15) is 22.0 Å². The van der Waals surface area contributed by atoms with E-state index in [0.29, 0.717) is 66.4 Å². The lowest BCUT2D eigenvalue weighted by Crippen LogP contribution is -2.38. The molecule has 0 atom stereocenters. The molecule has 1 heterocycles. The molecule has 2 saturated carbocycles. The summed E-state index contributed by atoms with van der Waals surface area (Å²) in [5, 5.41) is 0.300. The molecular weight excluding hydrogens is 566 g/mol. The van der Waals surface area contributed by atoms with Crippen molar-refractivity contribution in [1.29, 1.82) is 0 Å². The molecule has 2 aromatic carbocycles. The highest BCUT2D eigenvalue weighted by atomic mass is 32.2. The SMILES string of the molecule is CCSC1COC(c2ccc(C3CCC(C4CCC(C(F)(F)Oc5cc(F)c(F)c(F)c5)CC4)CC3)c(F)c2)OC1. The van der Waals surface area contributed by atoms with Crippen LogP contribution < -0.4 is 4.74 Å². The fourth-order valence-electron chi connectivity index (χ4n) is 6.69. The summed E-state index contributed by atoms with van der Waals surface area (Å²) in [7, 11) is 0. The van der Waals surface area contributed by atoms with Gasteiger partial charge < -0.3 is 14.2 Å². The summed E-state index contributed by atoms with van der Waals surface area (Å²) in [4.78, 5) is 0. The van der Waals surface area contributed by atoms with Crippen LogP contribution in [0.4, 0.5) is 26.3 Å². The molecule has 41 heavy (non-hydrogen) atoms. The van der Waals surface area contributed by atoms with Crippen LogP contribution >= 0.6 is 11.8 Å². The highest BCUT2D eigenvalue weighted by Gasteiger charge is 2.45. The van der Waals surface area contributed by atoms with Gasteiger partial charge in [-0.25, -0.2) is 17.6 Å². The topological polar surface area (TPSA) is 27.7 Å². The van der Waals surface area contributed by atoms with Gasteiger partial charge >= 0.3 is 6.11 Å². The van der Waals surface area contributed by atoms with Crippen molar-refractivity contribution in [3.05, 3.63) is 64.7 Å². The van der Waals surface area contributed by atoms with Gasteiger partial charge in [0.05, 0.1) is 24.4 Å². The lowest BCUT2D eigenvalue weighted by Gasteiger charge is -2.39. The average molecular weight is 603 g/mol. The smallest absolute Gasteiger partial charge is 0.400 e. The normalized spacial score (nSPS) is 29.3. The molecule has 5 rings (SSSR count). The molecule has 0 bridgehead atoms. The Morgan fingerprint density at radius 2 is 1.39 bits per heavy atom. The van der Waals surface area contributed by atoms with Crippen LogP contribution in [0.25, 0.3) is 0 Å². The van der Waals surface area contributed by atoms with Gasteiger partial charge in [0.25, 0.3) is 0 Å². The van der Waals surface area contributed by atoms with Crippen LogP contribution in [-0.2, 0) is 9.47 Å². The van der Waals surface area contributed by atoms with E-state index >= 15 is 4.39 Å². The Labute approximate surface area is 241 Å². The summed E-state index contributed by atoms with van der Waals surface area (Å²) in [6, 6.07) is 6.14. The monoisotopic (exact) mass is 602 g/mol. The number of alkyl halides is 2. The van der Waals surface area contributed by atoms with E-state index in [-0.39, 0.29) is 24.6 Å². The Hall–Kier alpha value is -1.91. The van der Waals surface area contributed by atoms with E-state index in [2.05, 4.69) is 11.7 Å². The molecule has 0 aromatic heterocycles. The maximum atomic E-state index is 15.2. The zero-order valence-electron chi connectivity index (χ0n) is 23.0. The average Bonchev–Trinajstić information content (AvgIpc) is 2.96. The molecule has 0 amide bonds. The summed E-state index contributed by atoms with van der Waals surface area (Å²) in [6.45, 7) is 3.25. The second kappa shape index (κ2) is 13.2. The quantitative estimate of drug-likeness (QED) is 0.223. The maximum Gasteiger partial charge on any atom is 0.400 e. The first-order valence-electron chi connectivity index (χ1n) is 14.5. The third-order valence-corrected chi connectivity index (χ3v) is 9.98. The molecule has 0 N–H and O–H groups in total. The number of hydrogen-bond acceptors (Lipinski definition) is 4. The molecule has 2 aromatic rings. The first-order valence-corrected chi connectivity index (χ1v) is 15.5. The first-order chi connectivity index (χ1) is 19.6. The van der Waals surface area contributed by atoms with Gasteiger partial charge in [-0.1, -0.05) is 19.1 Å². The molecule has 1 saturated heterocycles. The number of halogens is 6. The molecule has 0 unspecified atom stereocenters. The Morgan fingerprint density at radius 3 is 1.95 bits per heavy atom. The Kier molecular flexibility index (Phi) is 9.81. The van der Waals surface area contributed by atoms with Gasteiger partial charge in [0.1, 0.15) is 11.6 Å². The summed E-state index contributed by atoms with van der Waals surface area (Å²) in [6.07, 6.45) is 0.997. The van der Waals surface area contributed by atoms with Gasteiger partial charge in [0.2, 0.25) is 0 Å². The molecular formula is C31H36F6O3S. The number of hydrogen-bond donors (Lipinski definition) is 0. The van der Waals surface area contributed by atoms with Crippen LogP contribution in [0.5, 0.6) is 5.75 Å². The van der Waals surface area contributed by atoms with Crippen LogP contribution in [0, 0.1) is 41.0 Å². The van der Waals surface area contributed by atoms with E-state index in [1.165, 1.54) is 6.07 Å². The molecule has 3 nitrogen and oxygen atoms in total. The number of thioether (sulfide) groups is 1. The Balaban J connectivity index is 1.10. The predicted molar refractivity (Wildman–Crippen MR) is 145 cm³/mol. The standard InChI is InChI=1S/C31H36F6O3S/c1-2-41-24-16-38-30(39-17-24)21-9-12-25(26(32)13-21)20-5-3-18(4-6-20)19-7-10-22(11-8-19)31(36,37)40-23-14-27(33)29(35)28(34)15-23/h9,12-15,18-20,22,24,30H,2-8,10-11,16-17H2,1H3. The largest absolute Gasteiger partial charge is 0.432 e. The number of ether oxygens (including phenoxy) is 3. The fraction of sp³-hybridized carbons (Fsp3) is 0.613. The van der Waals surface area contributed by atoms with Crippen molar-refractivity contribution in [3.8, 4) is 5.75 Å². The van der Waals surface area contributed by atoms with E-state index in [4.69, 9.17) is 9.47 Å². The van der Waals surface area contributed by atoms with Gasteiger partial charge in [-0.2, -0.15) is 20.5 Å². The summed E-state index contributed by atoms with van der Waals surface area (Å²) in [5.41, 5.74) is 1.39. The minimum Gasteiger partial charge on any atom is -0.432 e. The number of rotatable bonds is 8. The fourth-order valence-corrected chi connectivity index (χ4v) is 7.51. The lowest BCUT2D eigenvalue weighted by molar-refractivity contribution is -0.224. The summed E-state index contributed by atoms with van der Waals surface area (Å²) in [5.74, 6) is -5.14. The summed E-state index contributed by atoms with van der Waals surface area (Å²) < 4.78 is 101. The van der Waals surface area contributed by atoms with Crippen LogP contribution in [0.1, 0.15) is 81.6 Å². The van der Waals surface area contributed by atoms with Crippen LogP contribution in [0.3, 0.4) is 0 Å². The molecule has 0 spiro atoms. The van der Waals surface area contributed by atoms with E-state index in [0.717, 1.165) is 31.4 Å². The Bertz CT molecular complexity index is 1150. The third kappa shape index (κ3) is 7.19. The Morgan fingerprint density at radius 1 is 0.805 bits per heavy atom. The van der Waals surface area contributed by atoms with Crippen molar-refractivity contribution in [2.45, 2.75) is 81.9 Å².